The molecule has 2 aromatic carbocycles. The summed E-state index contributed by atoms with van der Waals surface area (Å²) in [6, 6.07) is 16.5. The van der Waals surface area contributed by atoms with Crippen molar-refractivity contribution in [3.8, 4) is 0 Å². The van der Waals surface area contributed by atoms with E-state index in [1.807, 2.05) is 24.3 Å². The van der Waals surface area contributed by atoms with Gasteiger partial charge in [-0.1, -0.05) is 64.0 Å². The van der Waals surface area contributed by atoms with Gasteiger partial charge in [0.25, 0.3) is 0 Å². The molecule has 0 radical (unpaired) electrons. The zero-order chi connectivity index (χ0) is 12.3. The van der Waals surface area contributed by atoms with Crippen molar-refractivity contribution in [1.29, 1.82) is 0 Å². The standard InChI is InChI=1S/C14H15BrN2/c1-10-5-4-6-11(9-10)14(17-16)12-7-2-3-8-13(12)15/h2-9,14,17H,16H2,1H3. The molecule has 3 N–H and O–H groups in total. The molecular weight excluding hydrogens is 276 g/mol. The van der Waals surface area contributed by atoms with Crippen LogP contribution in [0.3, 0.4) is 0 Å². The van der Waals surface area contributed by atoms with E-state index in [2.05, 4.69) is 52.5 Å². The minimum atomic E-state index is 0.00507. The van der Waals surface area contributed by atoms with E-state index in [4.69, 9.17) is 5.84 Å². The van der Waals surface area contributed by atoms with Crippen LogP contribution in [0.1, 0.15) is 22.7 Å². The first-order valence-corrected chi connectivity index (χ1v) is 6.29. The lowest BCUT2D eigenvalue weighted by Crippen LogP contribution is -2.29. The van der Waals surface area contributed by atoms with Crippen molar-refractivity contribution >= 4 is 15.9 Å². The summed E-state index contributed by atoms with van der Waals surface area (Å²) in [4.78, 5) is 0. The molecule has 0 saturated heterocycles. The summed E-state index contributed by atoms with van der Waals surface area (Å²) in [5, 5.41) is 0. The van der Waals surface area contributed by atoms with Crippen LogP contribution in [0.5, 0.6) is 0 Å². The van der Waals surface area contributed by atoms with Crippen LogP contribution >= 0.6 is 15.9 Å². The van der Waals surface area contributed by atoms with Gasteiger partial charge in [0, 0.05) is 4.47 Å². The number of halogens is 1. The normalized spacial score (nSPS) is 12.4. The molecule has 0 aromatic heterocycles. The molecule has 0 heterocycles. The highest BCUT2D eigenvalue weighted by Gasteiger charge is 2.14. The molecule has 0 aliphatic heterocycles. The van der Waals surface area contributed by atoms with E-state index in [-0.39, 0.29) is 6.04 Å². The monoisotopic (exact) mass is 290 g/mol. The van der Waals surface area contributed by atoms with Crippen LogP contribution in [-0.4, -0.2) is 0 Å². The van der Waals surface area contributed by atoms with Crippen LogP contribution in [0.15, 0.2) is 53.0 Å². The fourth-order valence-corrected chi connectivity index (χ4v) is 2.44. The Labute approximate surface area is 110 Å². The van der Waals surface area contributed by atoms with Crippen molar-refractivity contribution in [2.75, 3.05) is 0 Å². The lowest BCUT2D eigenvalue weighted by atomic mass is 9.98. The fraction of sp³-hybridized carbons (Fsp3) is 0.143. The SMILES string of the molecule is Cc1cccc(C(NN)c2ccccc2Br)c1. The first kappa shape index (κ1) is 12.3. The Morgan fingerprint density at radius 2 is 1.88 bits per heavy atom. The predicted octanol–water partition coefficient (Wildman–Crippen LogP) is 3.31. The molecule has 0 aliphatic rings. The third-order valence-corrected chi connectivity index (χ3v) is 3.48. The van der Waals surface area contributed by atoms with Gasteiger partial charge in [0.2, 0.25) is 0 Å². The van der Waals surface area contributed by atoms with Gasteiger partial charge in [-0.05, 0) is 24.1 Å². The average molecular weight is 291 g/mol. The smallest absolute Gasteiger partial charge is 0.0721 e. The van der Waals surface area contributed by atoms with Gasteiger partial charge >= 0.3 is 0 Å². The van der Waals surface area contributed by atoms with Crippen molar-refractivity contribution in [2.24, 2.45) is 5.84 Å². The van der Waals surface area contributed by atoms with Crippen molar-refractivity contribution in [3.63, 3.8) is 0 Å². The first-order valence-electron chi connectivity index (χ1n) is 5.49. The molecule has 2 nitrogen and oxygen atoms in total. The van der Waals surface area contributed by atoms with Crippen LogP contribution in [-0.2, 0) is 0 Å². The fourth-order valence-electron chi connectivity index (χ4n) is 1.92. The Kier molecular flexibility index (Phi) is 3.94. The second-order valence-corrected chi connectivity index (χ2v) is 4.89. The highest BCUT2D eigenvalue weighted by Crippen LogP contribution is 2.28. The Bertz CT molecular complexity index is 511. The zero-order valence-corrected chi connectivity index (χ0v) is 11.2. The summed E-state index contributed by atoms with van der Waals surface area (Å²) in [5.74, 6) is 5.68. The molecule has 2 aromatic rings. The van der Waals surface area contributed by atoms with Gasteiger partial charge in [-0.15, -0.1) is 0 Å². The molecule has 1 atom stereocenters. The van der Waals surface area contributed by atoms with Gasteiger partial charge in [0.1, 0.15) is 0 Å². The summed E-state index contributed by atoms with van der Waals surface area (Å²) < 4.78 is 1.06. The van der Waals surface area contributed by atoms with E-state index in [1.54, 1.807) is 0 Å². The number of benzene rings is 2. The van der Waals surface area contributed by atoms with Crippen molar-refractivity contribution < 1.29 is 0 Å². The highest BCUT2D eigenvalue weighted by atomic mass is 79.9. The minimum Gasteiger partial charge on any atom is -0.271 e. The summed E-state index contributed by atoms with van der Waals surface area (Å²) in [6.07, 6.45) is 0. The van der Waals surface area contributed by atoms with E-state index in [1.165, 1.54) is 11.1 Å². The van der Waals surface area contributed by atoms with Gasteiger partial charge < -0.3 is 0 Å². The summed E-state index contributed by atoms with van der Waals surface area (Å²) in [6.45, 7) is 2.08. The van der Waals surface area contributed by atoms with Gasteiger partial charge in [-0.3, -0.25) is 5.84 Å². The predicted molar refractivity (Wildman–Crippen MR) is 74.5 cm³/mol. The highest BCUT2D eigenvalue weighted by molar-refractivity contribution is 9.10. The minimum absolute atomic E-state index is 0.00507. The second-order valence-electron chi connectivity index (χ2n) is 4.04. The maximum atomic E-state index is 5.68. The Hall–Kier alpha value is -1.16. The number of hydrazine groups is 1. The number of nitrogens with one attached hydrogen (secondary N) is 1. The summed E-state index contributed by atoms with van der Waals surface area (Å²) >= 11 is 3.56. The Balaban J connectivity index is 2.44. The molecule has 0 aliphatic carbocycles. The third kappa shape index (κ3) is 2.75. The van der Waals surface area contributed by atoms with E-state index in [0.717, 1.165) is 10.0 Å². The summed E-state index contributed by atoms with van der Waals surface area (Å²) in [5.41, 5.74) is 6.41. The Morgan fingerprint density at radius 1 is 1.12 bits per heavy atom. The number of rotatable bonds is 3. The third-order valence-electron chi connectivity index (χ3n) is 2.76. The molecule has 0 amide bonds. The molecular formula is C14H15BrN2. The van der Waals surface area contributed by atoms with E-state index in [9.17, 15) is 0 Å². The van der Waals surface area contributed by atoms with Gasteiger partial charge in [0.15, 0.2) is 0 Å². The van der Waals surface area contributed by atoms with Crippen molar-refractivity contribution in [3.05, 3.63) is 69.7 Å². The van der Waals surface area contributed by atoms with E-state index >= 15 is 0 Å². The van der Waals surface area contributed by atoms with E-state index < -0.39 is 0 Å². The Morgan fingerprint density at radius 3 is 2.53 bits per heavy atom. The van der Waals surface area contributed by atoms with Gasteiger partial charge in [-0.2, -0.15) is 0 Å². The van der Waals surface area contributed by atoms with E-state index in [0.29, 0.717) is 0 Å². The number of aryl methyl sites for hydroxylation is 1. The lowest BCUT2D eigenvalue weighted by molar-refractivity contribution is 0.634. The summed E-state index contributed by atoms with van der Waals surface area (Å²) in [7, 11) is 0. The molecule has 0 saturated carbocycles. The number of hydrogen-bond acceptors (Lipinski definition) is 2. The van der Waals surface area contributed by atoms with Crippen molar-refractivity contribution in [1.82, 2.24) is 5.43 Å². The largest absolute Gasteiger partial charge is 0.271 e. The van der Waals surface area contributed by atoms with Crippen LogP contribution < -0.4 is 11.3 Å². The molecule has 2 rings (SSSR count). The molecule has 88 valence electrons. The van der Waals surface area contributed by atoms with Gasteiger partial charge in [0.05, 0.1) is 6.04 Å². The van der Waals surface area contributed by atoms with Crippen molar-refractivity contribution in [2.45, 2.75) is 13.0 Å². The van der Waals surface area contributed by atoms with Crippen LogP contribution in [0.25, 0.3) is 0 Å². The van der Waals surface area contributed by atoms with Crippen LogP contribution in [0, 0.1) is 6.92 Å². The number of hydrogen-bond donors (Lipinski definition) is 2. The molecule has 1 unspecified atom stereocenters. The molecule has 0 fully saturated rings. The molecule has 0 bridgehead atoms. The van der Waals surface area contributed by atoms with Crippen LogP contribution in [0.2, 0.25) is 0 Å². The van der Waals surface area contributed by atoms with Gasteiger partial charge in [-0.25, -0.2) is 5.43 Å². The van der Waals surface area contributed by atoms with Crippen LogP contribution in [0.4, 0.5) is 0 Å². The zero-order valence-electron chi connectivity index (χ0n) is 9.65. The number of nitrogens with two attached hydrogens (primary N) is 1. The average Bonchev–Trinajstić information content (AvgIpc) is 2.33. The quantitative estimate of drug-likeness (QED) is 0.672. The maximum absolute atomic E-state index is 5.68. The first-order chi connectivity index (χ1) is 8.22. The lowest BCUT2D eigenvalue weighted by Gasteiger charge is -2.18. The molecule has 0 spiro atoms. The second kappa shape index (κ2) is 5.45. The topological polar surface area (TPSA) is 38.0 Å². The molecule has 17 heavy (non-hydrogen) atoms. The molecule has 3 heteroatoms. The maximum Gasteiger partial charge on any atom is 0.0721 e.